The Morgan fingerprint density at radius 1 is 0.771 bits per heavy atom. The third-order valence-electron chi connectivity index (χ3n) is 5.28. The summed E-state index contributed by atoms with van der Waals surface area (Å²) in [4.78, 5) is 41.1. The van der Waals surface area contributed by atoms with Crippen molar-refractivity contribution in [2.24, 2.45) is 11.5 Å². The smallest absolute Gasteiger partial charge is 0.346 e. The number of benzene rings is 1. The van der Waals surface area contributed by atoms with Crippen LogP contribution < -0.4 is 16.5 Å². The Labute approximate surface area is 202 Å². The quantitative estimate of drug-likeness (QED) is 0.161. The second kappa shape index (κ2) is 11.0. The van der Waals surface area contributed by atoms with Gasteiger partial charge in [-0.3, -0.25) is 31.1 Å². The summed E-state index contributed by atoms with van der Waals surface area (Å²) in [6, 6.07) is 22.2. The molecule has 1 aromatic carbocycles. The molecule has 0 unspecified atom stereocenters. The fraction of sp³-hybridized carbons (Fsp3) is 0.115. The molecule has 6 N–H and O–H groups in total. The molecule has 1 amide bonds. The van der Waals surface area contributed by atoms with Crippen LogP contribution in [0.2, 0.25) is 0 Å². The Bertz CT molecular complexity index is 1270. The lowest BCUT2D eigenvalue weighted by atomic mass is 10.1. The van der Waals surface area contributed by atoms with Crippen LogP contribution in [0.5, 0.6) is 0 Å². The number of ketones is 1. The molecule has 0 aliphatic heterocycles. The predicted octanol–water partition coefficient (Wildman–Crippen LogP) is 0.732. The molecule has 0 aliphatic rings. The number of pyridine rings is 2. The second-order valence-electron chi connectivity index (χ2n) is 8.01. The van der Waals surface area contributed by atoms with E-state index in [-0.39, 0.29) is 17.4 Å². The van der Waals surface area contributed by atoms with Crippen molar-refractivity contribution in [3.05, 3.63) is 119 Å². The van der Waals surface area contributed by atoms with Gasteiger partial charge in [-0.25, -0.2) is 9.79 Å². The summed E-state index contributed by atoms with van der Waals surface area (Å²) in [5.74, 6) is -0.951. The lowest BCUT2D eigenvalue weighted by molar-refractivity contribution is -0.347. The number of hydrogen-bond acceptors (Lipinski definition) is 5. The Morgan fingerprint density at radius 3 is 1.91 bits per heavy atom. The third kappa shape index (κ3) is 6.46. The van der Waals surface area contributed by atoms with Gasteiger partial charge in [0.1, 0.15) is 5.69 Å². The van der Waals surface area contributed by atoms with Crippen molar-refractivity contribution < 1.29 is 14.6 Å². The Kier molecular flexibility index (Phi) is 7.39. The van der Waals surface area contributed by atoms with Crippen LogP contribution in [-0.4, -0.2) is 37.5 Å². The van der Waals surface area contributed by atoms with Crippen molar-refractivity contribution >= 4 is 17.6 Å². The molecule has 176 valence electrons. The van der Waals surface area contributed by atoms with Crippen molar-refractivity contribution in [1.29, 1.82) is 0 Å². The number of guanidine groups is 1. The number of nitrogens with zero attached hydrogens (tertiary/aromatic N) is 3. The van der Waals surface area contributed by atoms with Crippen LogP contribution >= 0.6 is 0 Å². The van der Waals surface area contributed by atoms with Crippen molar-refractivity contribution in [2.45, 2.75) is 19.6 Å². The van der Waals surface area contributed by atoms with E-state index < -0.39 is 5.91 Å². The fourth-order valence-electron chi connectivity index (χ4n) is 3.64. The number of hydrogen-bond donors (Lipinski definition) is 4. The SMILES string of the molecule is NC(N)=[NH+]C(=O)c1ccc(C(=O)c2ccc(CN(Cc3ccccn3)Cc3ccccn3)cc2)[nH]1. The lowest BCUT2D eigenvalue weighted by Crippen LogP contribution is -2.81. The number of carbonyl (C=O) groups is 2. The van der Waals surface area contributed by atoms with Crippen LogP contribution in [0.3, 0.4) is 0 Å². The van der Waals surface area contributed by atoms with E-state index in [2.05, 4.69) is 24.8 Å². The zero-order valence-electron chi connectivity index (χ0n) is 19.0. The van der Waals surface area contributed by atoms with Crippen LogP contribution in [0.4, 0.5) is 0 Å². The van der Waals surface area contributed by atoms with Gasteiger partial charge < -0.3 is 4.98 Å². The molecule has 9 nitrogen and oxygen atoms in total. The summed E-state index contributed by atoms with van der Waals surface area (Å²) in [6.45, 7) is 1.98. The molecule has 4 rings (SSSR count). The van der Waals surface area contributed by atoms with Crippen LogP contribution in [0, 0.1) is 0 Å². The number of H-pyrrole nitrogens is 1. The molecule has 0 bridgehead atoms. The first-order valence-corrected chi connectivity index (χ1v) is 11.0. The molecule has 9 heteroatoms. The van der Waals surface area contributed by atoms with Gasteiger partial charge in [0, 0.05) is 37.6 Å². The van der Waals surface area contributed by atoms with E-state index in [0.717, 1.165) is 17.0 Å². The van der Waals surface area contributed by atoms with E-state index in [9.17, 15) is 9.59 Å². The molecule has 4 aromatic rings. The summed E-state index contributed by atoms with van der Waals surface area (Å²) in [5, 5.41) is 0. The Balaban J connectivity index is 1.47. The summed E-state index contributed by atoms with van der Waals surface area (Å²) in [7, 11) is 0. The minimum absolute atomic E-state index is 0.193. The van der Waals surface area contributed by atoms with Crippen molar-refractivity contribution in [3.8, 4) is 0 Å². The van der Waals surface area contributed by atoms with E-state index in [1.165, 1.54) is 6.07 Å². The topological polar surface area (TPSA) is 145 Å². The molecule has 0 fully saturated rings. The van der Waals surface area contributed by atoms with Gasteiger partial charge >= 0.3 is 11.9 Å². The van der Waals surface area contributed by atoms with Crippen molar-refractivity contribution in [3.63, 3.8) is 0 Å². The molecule has 0 radical (unpaired) electrons. The molecule has 0 saturated heterocycles. The van der Waals surface area contributed by atoms with Crippen molar-refractivity contribution in [2.75, 3.05) is 0 Å². The first kappa shape index (κ1) is 23.5. The normalized spacial score (nSPS) is 10.8. The minimum atomic E-state index is -0.514. The monoisotopic (exact) mass is 468 g/mol. The van der Waals surface area contributed by atoms with Crippen LogP contribution in [0.25, 0.3) is 0 Å². The number of rotatable bonds is 9. The number of aromatic nitrogens is 3. The highest BCUT2D eigenvalue weighted by Crippen LogP contribution is 2.15. The first-order valence-electron chi connectivity index (χ1n) is 11.0. The van der Waals surface area contributed by atoms with Gasteiger partial charge in [0.2, 0.25) is 5.78 Å². The number of aromatic amines is 1. The number of nitrogens with one attached hydrogen (secondary N) is 2. The van der Waals surface area contributed by atoms with Gasteiger partial charge in [-0.2, -0.15) is 0 Å². The summed E-state index contributed by atoms with van der Waals surface area (Å²) < 4.78 is 0. The first-order chi connectivity index (χ1) is 17.0. The highest BCUT2D eigenvalue weighted by atomic mass is 16.1. The van der Waals surface area contributed by atoms with Gasteiger partial charge in [0.05, 0.1) is 17.1 Å². The summed E-state index contributed by atoms with van der Waals surface area (Å²) >= 11 is 0. The van der Waals surface area contributed by atoms with E-state index in [1.807, 2.05) is 48.5 Å². The largest absolute Gasteiger partial charge is 0.347 e. The summed E-state index contributed by atoms with van der Waals surface area (Å²) in [5.41, 5.74) is 14.6. The van der Waals surface area contributed by atoms with Crippen molar-refractivity contribution in [1.82, 2.24) is 19.9 Å². The van der Waals surface area contributed by atoms with Crippen LogP contribution in [0.15, 0.2) is 85.2 Å². The standard InChI is InChI=1S/C26H25N7O2/c27-26(28)32-25(35)23-12-11-22(31-23)24(34)19-9-7-18(8-10-19)15-33(16-20-5-1-3-13-29-20)17-21-6-2-4-14-30-21/h1-14,31H,15-17H2,(H4,27,28,32,35)/p+1. The van der Waals surface area contributed by atoms with Gasteiger partial charge in [-0.05, 0) is 42.0 Å². The summed E-state index contributed by atoms with van der Waals surface area (Å²) in [6.07, 6.45) is 3.57. The van der Waals surface area contributed by atoms with E-state index >= 15 is 0 Å². The zero-order valence-corrected chi connectivity index (χ0v) is 19.0. The highest BCUT2D eigenvalue weighted by molar-refractivity contribution is 6.08. The molecule has 3 aromatic heterocycles. The second-order valence-corrected chi connectivity index (χ2v) is 8.01. The molecular formula is C26H26N7O2+. The van der Waals surface area contributed by atoms with Crippen LogP contribution in [-0.2, 0) is 19.6 Å². The average Bonchev–Trinajstić information content (AvgIpc) is 3.36. The van der Waals surface area contributed by atoms with Crippen LogP contribution in [0.1, 0.15) is 43.5 Å². The average molecular weight is 469 g/mol. The third-order valence-corrected chi connectivity index (χ3v) is 5.28. The predicted molar refractivity (Wildman–Crippen MR) is 131 cm³/mol. The number of carbonyl (C=O) groups excluding carboxylic acids is 2. The maximum absolute atomic E-state index is 12.9. The fourth-order valence-corrected chi connectivity index (χ4v) is 3.64. The molecule has 0 atom stereocenters. The molecule has 0 aliphatic carbocycles. The molecule has 0 saturated carbocycles. The van der Waals surface area contributed by atoms with E-state index in [4.69, 9.17) is 11.5 Å². The maximum atomic E-state index is 12.9. The number of amides is 1. The Morgan fingerprint density at radius 2 is 1.37 bits per heavy atom. The molecule has 0 spiro atoms. The van der Waals surface area contributed by atoms with Gasteiger partial charge in [-0.1, -0.05) is 36.4 Å². The van der Waals surface area contributed by atoms with Gasteiger partial charge in [-0.15, -0.1) is 0 Å². The van der Waals surface area contributed by atoms with Gasteiger partial charge in [0.15, 0.2) is 0 Å². The zero-order chi connectivity index (χ0) is 24.6. The lowest BCUT2D eigenvalue weighted by Gasteiger charge is -2.22. The number of nitrogens with two attached hydrogens (primary N) is 2. The van der Waals surface area contributed by atoms with E-state index in [0.29, 0.717) is 30.9 Å². The molecule has 35 heavy (non-hydrogen) atoms. The van der Waals surface area contributed by atoms with Gasteiger partial charge in [0.25, 0.3) is 0 Å². The van der Waals surface area contributed by atoms with E-state index in [1.54, 1.807) is 30.6 Å². The molecular weight excluding hydrogens is 442 g/mol. The molecule has 3 heterocycles. The maximum Gasteiger partial charge on any atom is 0.346 e. The highest BCUT2D eigenvalue weighted by Gasteiger charge is 2.16. The minimum Gasteiger partial charge on any atom is -0.347 e. The Hall–Kier alpha value is -4.63.